The molecule has 1 aromatic rings. The summed E-state index contributed by atoms with van der Waals surface area (Å²) in [6, 6.07) is 6.46. The van der Waals surface area contributed by atoms with E-state index in [1.54, 1.807) is 24.3 Å². The van der Waals surface area contributed by atoms with Crippen molar-refractivity contribution in [3.8, 4) is 0 Å². The molecular formula is C12H17N3O4S. The third-order valence-corrected chi connectivity index (χ3v) is 3.92. The van der Waals surface area contributed by atoms with Crippen molar-refractivity contribution in [1.82, 2.24) is 9.62 Å². The van der Waals surface area contributed by atoms with Gasteiger partial charge < -0.3 is 11.1 Å². The molecule has 0 aliphatic rings. The highest BCUT2D eigenvalue weighted by Gasteiger charge is 2.14. The van der Waals surface area contributed by atoms with Crippen LogP contribution in [0.25, 0.3) is 0 Å². The molecule has 20 heavy (non-hydrogen) atoms. The summed E-state index contributed by atoms with van der Waals surface area (Å²) in [6.45, 7) is 0.00762. The monoisotopic (exact) mass is 299 g/mol. The third kappa shape index (κ3) is 4.98. The van der Waals surface area contributed by atoms with Gasteiger partial charge >= 0.3 is 0 Å². The largest absolute Gasteiger partial charge is 0.366 e. The second-order valence-electron chi connectivity index (χ2n) is 4.36. The number of carbonyl (C=O) groups excluding carboxylic acids is 2. The van der Waals surface area contributed by atoms with Crippen LogP contribution in [0.5, 0.6) is 0 Å². The molecule has 7 nitrogen and oxygen atoms in total. The number of nitrogens with two attached hydrogens (primary N) is 1. The molecule has 0 bridgehead atoms. The Hall–Kier alpha value is -1.93. The first-order chi connectivity index (χ1) is 9.20. The molecule has 0 saturated heterocycles. The number of carbonyl (C=O) groups is 2. The molecule has 0 fully saturated rings. The molecule has 0 atom stereocenters. The van der Waals surface area contributed by atoms with Gasteiger partial charge in [-0.25, -0.2) is 8.42 Å². The van der Waals surface area contributed by atoms with E-state index in [1.165, 1.54) is 7.05 Å². The Bertz CT molecular complexity index is 596. The van der Waals surface area contributed by atoms with Crippen LogP contribution in [0, 0.1) is 0 Å². The summed E-state index contributed by atoms with van der Waals surface area (Å²) < 4.78 is 23.2. The van der Waals surface area contributed by atoms with Crippen molar-refractivity contribution in [1.29, 1.82) is 0 Å². The zero-order valence-electron chi connectivity index (χ0n) is 11.3. The summed E-state index contributed by atoms with van der Waals surface area (Å²) in [5.41, 5.74) is 6.28. The maximum Gasteiger partial charge on any atom is 0.248 e. The molecule has 8 heteroatoms. The Balaban J connectivity index is 2.51. The van der Waals surface area contributed by atoms with E-state index < -0.39 is 21.8 Å². The zero-order chi connectivity index (χ0) is 15.3. The van der Waals surface area contributed by atoms with Crippen molar-refractivity contribution in [2.24, 2.45) is 5.73 Å². The number of rotatable bonds is 6. The lowest BCUT2D eigenvalue weighted by molar-refractivity contribution is -0.121. The molecule has 3 N–H and O–H groups in total. The quantitative estimate of drug-likeness (QED) is 0.723. The van der Waals surface area contributed by atoms with Crippen LogP contribution in [0.3, 0.4) is 0 Å². The Labute approximate surface area is 117 Å². The fraction of sp³-hybridized carbons (Fsp3) is 0.333. The molecule has 0 unspecified atom stereocenters. The van der Waals surface area contributed by atoms with Crippen molar-refractivity contribution >= 4 is 21.8 Å². The van der Waals surface area contributed by atoms with Gasteiger partial charge in [-0.1, -0.05) is 12.1 Å². The SMILES string of the molecule is CN(CC(=O)NCc1ccc(C(N)=O)cc1)S(C)(=O)=O. The molecule has 0 aliphatic carbocycles. The predicted octanol–water partition coefficient (Wildman–Crippen LogP) is -0.707. The lowest BCUT2D eigenvalue weighted by atomic mass is 10.1. The number of nitrogens with one attached hydrogen (secondary N) is 1. The summed E-state index contributed by atoms with van der Waals surface area (Å²) in [6.07, 6.45) is 1.03. The van der Waals surface area contributed by atoms with Gasteiger partial charge in [0, 0.05) is 19.2 Å². The number of primary amides is 1. The van der Waals surface area contributed by atoms with Crippen molar-refractivity contribution in [3.63, 3.8) is 0 Å². The first-order valence-electron chi connectivity index (χ1n) is 5.77. The van der Waals surface area contributed by atoms with Gasteiger partial charge in [-0.2, -0.15) is 4.31 Å². The van der Waals surface area contributed by atoms with E-state index in [0.29, 0.717) is 5.56 Å². The highest BCUT2D eigenvalue weighted by molar-refractivity contribution is 7.88. The molecule has 0 radical (unpaired) electrons. The molecule has 0 saturated carbocycles. The van der Waals surface area contributed by atoms with Crippen LogP contribution >= 0.6 is 0 Å². The second-order valence-corrected chi connectivity index (χ2v) is 6.45. The van der Waals surface area contributed by atoms with E-state index in [-0.39, 0.29) is 13.1 Å². The molecule has 2 amide bonds. The van der Waals surface area contributed by atoms with Crippen molar-refractivity contribution in [2.45, 2.75) is 6.54 Å². The molecular weight excluding hydrogens is 282 g/mol. The van der Waals surface area contributed by atoms with Crippen LogP contribution in [0.4, 0.5) is 0 Å². The number of likely N-dealkylation sites (N-methyl/N-ethyl adjacent to an activating group) is 1. The minimum atomic E-state index is -3.37. The Morgan fingerprint density at radius 2 is 1.80 bits per heavy atom. The fourth-order valence-electron chi connectivity index (χ4n) is 1.36. The second kappa shape index (κ2) is 6.49. The van der Waals surface area contributed by atoms with Crippen molar-refractivity contribution in [2.75, 3.05) is 19.8 Å². The van der Waals surface area contributed by atoms with E-state index in [4.69, 9.17) is 5.73 Å². The summed E-state index contributed by atoms with van der Waals surface area (Å²) >= 11 is 0. The van der Waals surface area contributed by atoms with E-state index in [0.717, 1.165) is 16.1 Å². The number of amides is 2. The normalized spacial score (nSPS) is 11.3. The maximum atomic E-state index is 11.6. The number of sulfonamides is 1. The lowest BCUT2D eigenvalue weighted by Gasteiger charge is -2.13. The summed E-state index contributed by atoms with van der Waals surface area (Å²) in [4.78, 5) is 22.4. The average Bonchev–Trinajstić information content (AvgIpc) is 2.35. The lowest BCUT2D eigenvalue weighted by Crippen LogP contribution is -2.37. The molecule has 0 aliphatic heterocycles. The van der Waals surface area contributed by atoms with Crippen LogP contribution in [-0.2, 0) is 21.4 Å². The highest BCUT2D eigenvalue weighted by Crippen LogP contribution is 2.03. The maximum absolute atomic E-state index is 11.6. The van der Waals surface area contributed by atoms with Gasteiger partial charge in [0.1, 0.15) is 0 Å². The van der Waals surface area contributed by atoms with Crippen molar-refractivity contribution < 1.29 is 18.0 Å². The van der Waals surface area contributed by atoms with Gasteiger partial charge in [-0.3, -0.25) is 9.59 Å². The number of nitrogens with zero attached hydrogens (tertiary/aromatic N) is 1. The van der Waals surface area contributed by atoms with Gasteiger partial charge in [0.25, 0.3) is 0 Å². The van der Waals surface area contributed by atoms with Gasteiger partial charge in [0.15, 0.2) is 0 Å². The van der Waals surface area contributed by atoms with E-state index in [9.17, 15) is 18.0 Å². The summed E-state index contributed by atoms with van der Waals surface area (Å²) in [5.74, 6) is -0.924. The smallest absolute Gasteiger partial charge is 0.248 e. The predicted molar refractivity (Wildman–Crippen MR) is 74.3 cm³/mol. The van der Waals surface area contributed by atoms with Crippen LogP contribution in [0.2, 0.25) is 0 Å². The highest BCUT2D eigenvalue weighted by atomic mass is 32.2. The van der Waals surface area contributed by atoms with Crippen LogP contribution in [0.1, 0.15) is 15.9 Å². The fourth-order valence-corrected chi connectivity index (χ4v) is 1.71. The Morgan fingerprint density at radius 1 is 1.25 bits per heavy atom. The van der Waals surface area contributed by atoms with Gasteiger partial charge in [-0.15, -0.1) is 0 Å². The first kappa shape index (κ1) is 16.1. The molecule has 0 aromatic heterocycles. The van der Waals surface area contributed by atoms with E-state index >= 15 is 0 Å². The molecule has 1 aromatic carbocycles. The van der Waals surface area contributed by atoms with Crippen LogP contribution in [0.15, 0.2) is 24.3 Å². The first-order valence-corrected chi connectivity index (χ1v) is 7.61. The molecule has 110 valence electrons. The van der Waals surface area contributed by atoms with Gasteiger partial charge in [0.05, 0.1) is 12.8 Å². The Morgan fingerprint density at radius 3 is 2.25 bits per heavy atom. The van der Waals surface area contributed by atoms with Crippen molar-refractivity contribution in [3.05, 3.63) is 35.4 Å². The molecule has 1 rings (SSSR count). The standard InChI is InChI=1S/C12H17N3O4S/c1-15(20(2,18)19)8-11(16)14-7-9-3-5-10(6-4-9)12(13)17/h3-6H,7-8H2,1-2H3,(H2,13,17)(H,14,16). The molecule has 0 heterocycles. The Kier molecular flexibility index (Phi) is 5.23. The number of benzene rings is 1. The zero-order valence-corrected chi connectivity index (χ0v) is 12.1. The van der Waals surface area contributed by atoms with Gasteiger partial charge in [-0.05, 0) is 17.7 Å². The summed E-state index contributed by atoms with van der Waals surface area (Å²) in [5, 5.41) is 2.59. The van der Waals surface area contributed by atoms with E-state index in [1.807, 2.05) is 0 Å². The number of hydrogen-bond donors (Lipinski definition) is 2. The van der Waals surface area contributed by atoms with Gasteiger partial charge in [0.2, 0.25) is 21.8 Å². The third-order valence-electron chi connectivity index (χ3n) is 2.66. The minimum Gasteiger partial charge on any atom is -0.366 e. The molecule has 0 spiro atoms. The van der Waals surface area contributed by atoms with Crippen LogP contribution in [-0.4, -0.2) is 44.4 Å². The average molecular weight is 299 g/mol. The minimum absolute atomic E-state index is 0.238. The van der Waals surface area contributed by atoms with Crippen LogP contribution < -0.4 is 11.1 Å². The van der Waals surface area contributed by atoms with E-state index in [2.05, 4.69) is 5.32 Å². The number of hydrogen-bond acceptors (Lipinski definition) is 4. The topological polar surface area (TPSA) is 110 Å². The summed E-state index contributed by atoms with van der Waals surface area (Å²) in [7, 11) is -2.04.